The van der Waals surface area contributed by atoms with Gasteiger partial charge in [0.15, 0.2) is 0 Å². The van der Waals surface area contributed by atoms with Crippen molar-refractivity contribution in [2.45, 2.75) is 44.2 Å². The fourth-order valence-electron chi connectivity index (χ4n) is 2.57. The van der Waals surface area contributed by atoms with Crippen LogP contribution in [0.4, 0.5) is 4.39 Å². The van der Waals surface area contributed by atoms with Gasteiger partial charge in [-0.15, -0.1) is 0 Å². The van der Waals surface area contributed by atoms with Gasteiger partial charge in [-0.1, -0.05) is 25.1 Å². The number of rotatable bonds is 6. The zero-order chi connectivity index (χ0) is 13.0. The van der Waals surface area contributed by atoms with Crippen molar-refractivity contribution in [1.82, 2.24) is 5.32 Å². The number of hydrogen-bond donors (Lipinski definition) is 1. The molecule has 1 unspecified atom stereocenters. The molecule has 1 fully saturated rings. The van der Waals surface area contributed by atoms with Crippen molar-refractivity contribution >= 4 is 0 Å². The highest BCUT2D eigenvalue weighted by molar-refractivity contribution is 5.21. The lowest BCUT2D eigenvalue weighted by Gasteiger charge is -2.41. The summed E-state index contributed by atoms with van der Waals surface area (Å²) >= 11 is 0. The zero-order valence-electron chi connectivity index (χ0n) is 11.2. The smallest absolute Gasteiger partial charge is 0.127 e. The highest BCUT2D eigenvalue weighted by Crippen LogP contribution is 2.35. The number of hydrogen-bond acceptors (Lipinski definition) is 2. The minimum Gasteiger partial charge on any atom is -0.377 e. The van der Waals surface area contributed by atoms with E-state index in [1.165, 1.54) is 12.5 Å². The Labute approximate surface area is 109 Å². The first-order chi connectivity index (χ1) is 8.71. The quantitative estimate of drug-likeness (QED) is 0.836. The van der Waals surface area contributed by atoms with Crippen LogP contribution in [0.1, 0.15) is 44.2 Å². The SMILES string of the molecule is CCC(NCC1(OC)CCC1)c1ccccc1F. The molecule has 1 saturated carbocycles. The second-order valence-electron chi connectivity index (χ2n) is 5.10. The van der Waals surface area contributed by atoms with E-state index in [0.29, 0.717) is 0 Å². The fourth-order valence-corrected chi connectivity index (χ4v) is 2.57. The first kappa shape index (κ1) is 13.5. The molecule has 2 rings (SSSR count). The van der Waals surface area contributed by atoms with Gasteiger partial charge >= 0.3 is 0 Å². The van der Waals surface area contributed by atoms with Gasteiger partial charge in [-0.3, -0.25) is 0 Å². The molecule has 0 aliphatic heterocycles. The van der Waals surface area contributed by atoms with Crippen LogP contribution in [-0.4, -0.2) is 19.3 Å². The Hall–Kier alpha value is -0.930. The van der Waals surface area contributed by atoms with Crippen LogP contribution in [0, 0.1) is 5.82 Å². The highest BCUT2D eigenvalue weighted by atomic mass is 19.1. The van der Waals surface area contributed by atoms with Crippen LogP contribution in [0.2, 0.25) is 0 Å². The second kappa shape index (κ2) is 5.81. The number of nitrogens with one attached hydrogen (secondary N) is 1. The Morgan fingerprint density at radius 3 is 2.61 bits per heavy atom. The summed E-state index contributed by atoms with van der Waals surface area (Å²) in [6, 6.07) is 7.07. The molecule has 0 radical (unpaired) electrons. The van der Waals surface area contributed by atoms with Gasteiger partial charge in [0.1, 0.15) is 5.82 Å². The van der Waals surface area contributed by atoms with Crippen molar-refractivity contribution in [3.63, 3.8) is 0 Å². The molecule has 0 saturated heterocycles. The molecule has 1 aromatic carbocycles. The minimum atomic E-state index is -0.128. The zero-order valence-corrected chi connectivity index (χ0v) is 11.2. The molecule has 0 spiro atoms. The van der Waals surface area contributed by atoms with Crippen LogP contribution in [0.5, 0.6) is 0 Å². The van der Waals surface area contributed by atoms with Crippen molar-refractivity contribution < 1.29 is 9.13 Å². The summed E-state index contributed by atoms with van der Waals surface area (Å²) in [5.41, 5.74) is 0.740. The third kappa shape index (κ3) is 2.73. The fraction of sp³-hybridized carbons (Fsp3) is 0.600. The first-order valence-electron chi connectivity index (χ1n) is 6.74. The van der Waals surface area contributed by atoms with Gasteiger partial charge < -0.3 is 10.1 Å². The molecule has 0 bridgehead atoms. The summed E-state index contributed by atoms with van der Waals surface area (Å²) in [5.74, 6) is -0.128. The lowest BCUT2D eigenvalue weighted by molar-refractivity contribution is -0.0710. The Kier molecular flexibility index (Phi) is 4.36. The van der Waals surface area contributed by atoms with Crippen LogP contribution in [0.25, 0.3) is 0 Å². The van der Waals surface area contributed by atoms with Crippen molar-refractivity contribution in [3.05, 3.63) is 35.6 Å². The maximum Gasteiger partial charge on any atom is 0.127 e. The summed E-state index contributed by atoms with van der Waals surface area (Å²) in [7, 11) is 1.77. The number of halogens is 1. The largest absolute Gasteiger partial charge is 0.377 e. The van der Waals surface area contributed by atoms with E-state index in [-0.39, 0.29) is 17.5 Å². The molecule has 0 aromatic heterocycles. The van der Waals surface area contributed by atoms with Gasteiger partial charge in [0.25, 0.3) is 0 Å². The van der Waals surface area contributed by atoms with Crippen LogP contribution < -0.4 is 5.32 Å². The van der Waals surface area contributed by atoms with E-state index < -0.39 is 0 Å². The highest BCUT2D eigenvalue weighted by Gasteiger charge is 2.37. The van der Waals surface area contributed by atoms with Gasteiger partial charge in [-0.05, 0) is 31.7 Å². The molecule has 0 amide bonds. The predicted molar refractivity (Wildman–Crippen MR) is 71.0 cm³/mol. The van der Waals surface area contributed by atoms with Crippen molar-refractivity contribution in [3.8, 4) is 0 Å². The molecule has 1 aliphatic carbocycles. The second-order valence-corrected chi connectivity index (χ2v) is 5.10. The maximum absolute atomic E-state index is 13.8. The third-order valence-corrected chi connectivity index (χ3v) is 4.06. The number of benzene rings is 1. The predicted octanol–water partition coefficient (Wildman–Crippen LogP) is 3.44. The van der Waals surface area contributed by atoms with E-state index in [9.17, 15) is 4.39 Å². The number of methoxy groups -OCH3 is 1. The van der Waals surface area contributed by atoms with Crippen LogP contribution >= 0.6 is 0 Å². The Morgan fingerprint density at radius 2 is 2.11 bits per heavy atom. The van der Waals surface area contributed by atoms with Crippen molar-refractivity contribution in [2.24, 2.45) is 0 Å². The van der Waals surface area contributed by atoms with Gasteiger partial charge in [-0.2, -0.15) is 0 Å². The van der Waals surface area contributed by atoms with Gasteiger partial charge in [0, 0.05) is 25.3 Å². The summed E-state index contributed by atoms with van der Waals surface area (Å²) in [4.78, 5) is 0. The summed E-state index contributed by atoms with van der Waals surface area (Å²) in [5, 5.41) is 3.46. The third-order valence-electron chi connectivity index (χ3n) is 4.06. The van der Waals surface area contributed by atoms with E-state index in [4.69, 9.17) is 4.74 Å². The molecule has 1 aliphatic rings. The molecule has 1 aromatic rings. The monoisotopic (exact) mass is 251 g/mol. The van der Waals surface area contributed by atoms with Crippen LogP contribution in [0.3, 0.4) is 0 Å². The average Bonchev–Trinajstić information content (AvgIpc) is 2.34. The molecular formula is C15H22FNO. The minimum absolute atomic E-state index is 0.0152. The molecule has 3 heteroatoms. The molecule has 1 atom stereocenters. The Bertz CT molecular complexity index is 384. The van der Waals surface area contributed by atoms with E-state index in [1.54, 1.807) is 13.2 Å². The van der Waals surface area contributed by atoms with Gasteiger partial charge in [-0.25, -0.2) is 4.39 Å². The molecule has 100 valence electrons. The van der Waals surface area contributed by atoms with Crippen LogP contribution in [0.15, 0.2) is 24.3 Å². The lowest BCUT2D eigenvalue weighted by Crippen LogP contribution is -2.48. The summed E-state index contributed by atoms with van der Waals surface area (Å²) in [6.07, 6.45) is 4.31. The number of ether oxygens (including phenoxy) is 1. The topological polar surface area (TPSA) is 21.3 Å². The van der Waals surface area contributed by atoms with Crippen molar-refractivity contribution in [1.29, 1.82) is 0 Å². The maximum atomic E-state index is 13.8. The first-order valence-corrected chi connectivity index (χ1v) is 6.74. The average molecular weight is 251 g/mol. The standard InChI is InChI=1S/C15H22FNO/c1-3-14(12-7-4-5-8-13(12)16)17-11-15(18-2)9-6-10-15/h4-5,7-8,14,17H,3,6,9-11H2,1-2H3. The Balaban J connectivity index is 2.00. The molecule has 2 nitrogen and oxygen atoms in total. The molecule has 0 heterocycles. The summed E-state index contributed by atoms with van der Waals surface area (Å²) in [6.45, 7) is 2.88. The molecule has 18 heavy (non-hydrogen) atoms. The van der Waals surface area contributed by atoms with Crippen molar-refractivity contribution in [2.75, 3.05) is 13.7 Å². The van der Waals surface area contributed by atoms with E-state index in [2.05, 4.69) is 12.2 Å². The van der Waals surface area contributed by atoms with Gasteiger partial charge in [0.2, 0.25) is 0 Å². The van der Waals surface area contributed by atoms with Crippen LogP contribution in [-0.2, 0) is 4.74 Å². The van der Waals surface area contributed by atoms with E-state index >= 15 is 0 Å². The Morgan fingerprint density at radius 1 is 1.39 bits per heavy atom. The normalized spacial score (nSPS) is 19.3. The van der Waals surface area contributed by atoms with E-state index in [1.807, 2.05) is 12.1 Å². The lowest BCUT2D eigenvalue weighted by atomic mass is 9.79. The summed E-state index contributed by atoms with van der Waals surface area (Å²) < 4.78 is 19.3. The van der Waals surface area contributed by atoms with E-state index in [0.717, 1.165) is 31.4 Å². The van der Waals surface area contributed by atoms with Gasteiger partial charge in [0.05, 0.1) is 5.60 Å². The molecular weight excluding hydrogens is 229 g/mol. The molecule has 1 N–H and O–H groups in total.